The maximum absolute atomic E-state index is 12.9. The number of amides is 1. The molecule has 6 nitrogen and oxygen atoms in total. The first-order valence-corrected chi connectivity index (χ1v) is 9.39. The summed E-state index contributed by atoms with van der Waals surface area (Å²) in [5, 5.41) is 9.00. The van der Waals surface area contributed by atoms with Gasteiger partial charge in [0.1, 0.15) is 13.2 Å². The second-order valence-corrected chi connectivity index (χ2v) is 6.98. The minimum Gasteiger partial charge on any atom is -0.486 e. The van der Waals surface area contributed by atoms with E-state index in [4.69, 9.17) is 14.7 Å². The smallest absolute Gasteiger partial charge is 0.253 e. The highest BCUT2D eigenvalue weighted by atomic mass is 16.6. The number of hydrogen-bond donors (Lipinski definition) is 0. The van der Waals surface area contributed by atoms with Crippen molar-refractivity contribution in [1.82, 2.24) is 4.90 Å². The van der Waals surface area contributed by atoms with Gasteiger partial charge in [0.2, 0.25) is 0 Å². The van der Waals surface area contributed by atoms with Gasteiger partial charge < -0.3 is 14.4 Å². The highest BCUT2D eigenvalue weighted by Gasteiger charge is 2.29. The van der Waals surface area contributed by atoms with E-state index in [0.29, 0.717) is 67.3 Å². The SMILES string of the molecule is N#Cc1cccc(C(=O)N2CCC(C(=O)c3ccc4c(c3)OCCO4)CC2)c1. The van der Waals surface area contributed by atoms with E-state index in [1.165, 1.54) is 0 Å². The molecule has 1 amide bonds. The van der Waals surface area contributed by atoms with E-state index in [0.717, 1.165) is 0 Å². The third-order valence-electron chi connectivity index (χ3n) is 5.22. The van der Waals surface area contributed by atoms with Crippen molar-refractivity contribution < 1.29 is 19.1 Å². The summed E-state index contributed by atoms with van der Waals surface area (Å²) in [6.07, 6.45) is 1.24. The molecule has 1 saturated heterocycles. The van der Waals surface area contributed by atoms with Gasteiger partial charge in [0.25, 0.3) is 5.91 Å². The Morgan fingerprint density at radius 3 is 2.46 bits per heavy atom. The number of likely N-dealkylation sites (tertiary alicyclic amines) is 1. The Hall–Kier alpha value is -3.33. The minimum absolute atomic E-state index is 0.0792. The quantitative estimate of drug-likeness (QED) is 0.769. The van der Waals surface area contributed by atoms with E-state index in [2.05, 4.69) is 6.07 Å². The van der Waals surface area contributed by atoms with Crippen LogP contribution in [0.5, 0.6) is 11.5 Å². The Kier molecular flexibility index (Phi) is 4.98. The number of carbonyl (C=O) groups is 2. The summed E-state index contributed by atoms with van der Waals surface area (Å²) >= 11 is 0. The van der Waals surface area contributed by atoms with Crippen LogP contribution in [-0.2, 0) is 0 Å². The van der Waals surface area contributed by atoms with Gasteiger partial charge in [-0.3, -0.25) is 9.59 Å². The van der Waals surface area contributed by atoms with Gasteiger partial charge in [-0.2, -0.15) is 5.26 Å². The number of ketones is 1. The molecule has 0 spiro atoms. The molecule has 0 bridgehead atoms. The molecule has 2 aromatic carbocycles. The Bertz CT molecular complexity index is 955. The third-order valence-corrected chi connectivity index (χ3v) is 5.22. The van der Waals surface area contributed by atoms with Gasteiger partial charge in [-0.25, -0.2) is 0 Å². The molecule has 2 aliphatic rings. The number of nitrogens with zero attached hydrogens (tertiary/aromatic N) is 2. The molecule has 28 heavy (non-hydrogen) atoms. The van der Waals surface area contributed by atoms with Crippen molar-refractivity contribution in [3.63, 3.8) is 0 Å². The predicted octanol–water partition coefficient (Wildman–Crippen LogP) is 3.06. The zero-order valence-electron chi connectivity index (χ0n) is 15.4. The average Bonchev–Trinajstić information content (AvgIpc) is 2.78. The zero-order chi connectivity index (χ0) is 19.5. The first-order chi connectivity index (χ1) is 13.7. The molecule has 142 valence electrons. The van der Waals surface area contributed by atoms with Crippen LogP contribution in [0, 0.1) is 17.2 Å². The van der Waals surface area contributed by atoms with Crippen molar-refractivity contribution >= 4 is 11.7 Å². The summed E-state index contributed by atoms with van der Waals surface area (Å²) in [5.41, 5.74) is 1.60. The lowest BCUT2D eigenvalue weighted by molar-refractivity contribution is 0.0650. The monoisotopic (exact) mass is 376 g/mol. The first-order valence-electron chi connectivity index (χ1n) is 9.39. The van der Waals surface area contributed by atoms with E-state index in [9.17, 15) is 9.59 Å². The number of nitriles is 1. The second kappa shape index (κ2) is 7.73. The predicted molar refractivity (Wildman–Crippen MR) is 102 cm³/mol. The van der Waals surface area contributed by atoms with Crippen LogP contribution in [0.25, 0.3) is 0 Å². The van der Waals surface area contributed by atoms with Crippen LogP contribution in [0.3, 0.4) is 0 Å². The number of Topliss-reactive ketones (excluding diaryl/α,β-unsaturated/α-hetero) is 1. The number of rotatable bonds is 3. The molecule has 0 radical (unpaired) electrons. The highest BCUT2D eigenvalue weighted by molar-refractivity contribution is 5.99. The number of carbonyl (C=O) groups excluding carboxylic acids is 2. The van der Waals surface area contributed by atoms with Crippen molar-refractivity contribution in [2.75, 3.05) is 26.3 Å². The standard InChI is InChI=1S/C22H20N2O4/c23-14-15-2-1-3-18(12-15)22(26)24-8-6-16(7-9-24)21(25)17-4-5-19-20(13-17)28-11-10-27-19/h1-5,12-13,16H,6-11H2. The molecule has 0 unspecified atom stereocenters. The number of hydrogen-bond acceptors (Lipinski definition) is 5. The molecule has 0 N–H and O–H groups in total. The molecule has 2 aliphatic heterocycles. The third kappa shape index (κ3) is 3.56. The van der Waals surface area contributed by atoms with E-state index in [-0.39, 0.29) is 17.6 Å². The van der Waals surface area contributed by atoms with Crippen LogP contribution in [0.15, 0.2) is 42.5 Å². The van der Waals surface area contributed by atoms with Crippen molar-refractivity contribution in [2.24, 2.45) is 5.92 Å². The molecular weight excluding hydrogens is 356 g/mol. The summed E-state index contributed by atoms with van der Waals surface area (Å²) in [5.74, 6) is 1.15. The van der Waals surface area contributed by atoms with Crippen molar-refractivity contribution in [3.8, 4) is 17.6 Å². The molecule has 0 aliphatic carbocycles. The Labute approximate surface area is 163 Å². The average molecular weight is 376 g/mol. The van der Waals surface area contributed by atoms with Gasteiger partial charge in [0.05, 0.1) is 11.6 Å². The number of fused-ring (bicyclic) bond motifs is 1. The molecule has 0 saturated carbocycles. The fourth-order valence-electron chi connectivity index (χ4n) is 3.68. The minimum atomic E-state index is -0.114. The summed E-state index contributed by atoms with van der Waals surface area (Å²) in [6.45, 7) is 2.05. The maximum Gasteiger partial charge on any atom is 0.253 e. The largest absolute Gasteiger partial charge is 0.486 e. The number of piperidine rings is 1. The van der Waals surface area contributed by atoms with Crippen LogP contribution in [-0.4, -0.2) is 42.9 Å². The highest BCUT2D eigenvalue weighted by Crippen LogP contribution is 2.32. The molecule has 6 heteroatoms. The van der Waals surface area contributed by atoms with Gasteiger partial charge in [-0.15, -0.1) is 0 Å². The molecule has 0 aromatic heterocycles. The normalized spacial score (nSPS) is 16.3. The molecule has 1 fully saturated rings. The lowest BCUT2D eigenvalue weighted by Crippen LogP contribution is -2.40. The second-order valence-electron chi connectivity index (χ2n) is 6.98. The Balaban J connectivity index is 1.40. The van der Waals surface area contributed by atoms with Crippen molar-refractivity contribution in [2.45, 2.75) is 12.8 Å². The van der Waals surface area contributed by atoms with Crippen LogP contribution in [0.1, 0.15) is 39.1 Å². The van der Waals surface area contributed by atoms with E-state index in [1.807, 2.05) is 0 Å². The van der Waals surface area contributed by atoms with E-state index < -0.39 is 0 Å². The van der Waals surface area contributed by atoms with Crippen molar-refractivity contribution in [3.05, 3.63) is 59.2 Å². The molecule has 2 heterocycles. The molecule has 0 atom stereocenters. The lowest BCUT2D eigenvalue weighted by atomic mass is 9.88. The van der Waals surface area contributed by atoms with Crippen LogP contribution < -0.4 is 9.47 Å². The number of ether oxygens (including phenoxy) is 2. The Morgan fingerprint density at radius 1 is 0.964 bits per heavy atom. The van der Waals surface area contributed by atoms with Crippen LogP contribution >= 0.6 is 0 Å². The molecule has 4 rings (SSSR count). The maximum atomic E-state index is 12.9. The summed E-state index contributed by atoms with van der Waals surface area (Å²) in [6, 6.07) is 14.1. The van der Waals surface area contributed by atoms with Crippen LogP contribution in [0.4, 0.5) is 0 Å². The van der Waals surface area contributed by atoms with Gasteiger partial charge in [-0.1, -0.05) is 6.07 Å². The van der Waals surface area contributed by atoms with E-state index >= 15 is 0 Å². The van der Waals surface area contributed by atoms with E-state index in [1.54, 1.807) is 47.4 Å². The molecule has 2 aromatic rings. The van der Waals surface area contributed by atoms with Crippen molar-refractivity contribution in [1.29, 1.82) is 5.26 Å². The topological polar surface area (TPSA) is 79.6 Å². The van der Waals surface area contributed by atoms with Gasteiger partial charge in [-0.05, 0) is 49.2 Å². The van der Waals surface area contributed by atoms with Gasteiger partial charge in [0, 0.05) is 30.1 Å². The fourth-order valence-corrected chi connectivity index (χ4v) is 3.68. The summed E-state index contributed by atoms with van der Waals surface area (Å²) in [7, 11) is 0. The number of benzene rings is 2. The summed E-state index contributed by atoms with van der Waals surface area (Å²) in [4.78, 5) is 27.3. The fraction of sp³-hybridized carbons (Fsp3) is 0.318. The van der Waals surface area contributed by atoms with Crippen LogP contribution in [0.2, 0.25) is 0 Å². The lowest BCUT2D eigenvalue weighted by Gasteiger charge is -2.31. The molecular formula is C22H20N2O4. The Morgan fingerprint density at radius 2 is 1.71 bits per heavy atom. The first kappa shape index (κ1) is 18.1. The van der Waals surface area contributed by atoms with Gasteiger partial charge in [0.15, 0.2) is 17.3 Å². The summed E-state index contributed by atoms with van der Waals surface area (Å²) < 4.78 is 11.1. The van der Waals surface area contributed by atoms with Gasteiger partial charge >= 0.3 is 0 Å². The zero-order valence-corrected chi connectivity index (χ0v) is 15.4.